The van der Waals surface area contributed by atoms with Crippen molar-refractivity contribution in [2.24, 2.45) is 5.73 Å². The number of hydrogen-bond donors (Lipinski definition) is 4. The van der Waals surface area contributed by atoms with Gasteiger partial charge in [0.15, 0.2) is 11.5 Å². The van der Waals surface area contributed by atoms with Gasteiger partial charge in [0.1, 0.15) is 5.67 Å². The number of anilines is 1. The molecule has 1 aliphatic carbocycles. The number of halogens is 7. The summed E-state index contributed by atoms with van der Waals surface area (Å²) in [6.07, 6.45) is -4.59. The van der Waals surface area contributed by atoms with Crippen molar-refractivity contribution in [2.45, 2.75) is 49.4 Å². The van der Waals surface area contributed by atoms with Crippen LogP contribution in [0.5, 0.6) is 0 Å². The fraction of sp³-hybridized carbons (Fsp3) is 0.440. The average Bonchev–Trinajstić information content (AvgIpc) is 3.25. The molecule has 5 N–H and O–H groups in total. The fourth-order valence-electron chi connectivity index (χ4n) is 4.80. The van der Waals surface area contributed by atoms with Gasteiger partial charge in [-0.05, 0) is 18.2 Å². The number of carbonyl (C=O) groups excluding carboxylic acids is 2. The molecule has 3 aromatic rings. The van der Waals surface area contributed by atoms with Gasteiger partial charge in [-0.3, -0.25) is 14.7 Å². The van der Waals surface area contributed by atoms with Gasteiger partial charge < -0.3 is 20.9 Å². The minimum Gasteiger partial charge on any atom is -0.338 e. The Morgan fingerprint density at radius 3 is 2.46 bits per heavy atom. The number of carbonyl (C=O) groups is 2. The Balaban J connectivity index is 1.26. The van der Waals surface area contributed by atoms with E-state index in [1.165, 1.54) is 23.1 Å². The number of nitrogens with zero attached hydrogens (tertiary/aromatic N) is 3. The lowest BCUT2D eigenvalue weighted by molar-refractivity contribution is -0.141. The van der Waals surface area contributed by atoms with Crippen molar-refractivity contribution in [3.8, 4) is 0 Å². The second kappa shape index (κ2) is 10.4. The van der Waals surface area contributed by atoms with E-state index in [1.54, 1.807) is 0 Å². The maximum absolute atomic E-state index is 14.4. The van der Waals surface area contributed by atoms with Crippen LogP contribution in [0.1, 0.15) is 68.8 Å². The summed E-state index contributed by atoms with van der Waals surface area (Å²) in [5.74, 6) is -5.94. The number of amides is 2. The van der Waals surface area contributed by atoms with Gasteiger partial charge in [0.25, 0.3) is 17.7 Å². The van der Waals surface area contributed by atoms with E-state index in [2.05, 4.69) is 25.5 Å². The zero-order valence-electron chi connectivity index (χ0n) is 21.2. The minimum absolute atomic E-state index is 0.0351. The Morgan fingerprint density at radius 2 is 1.88 bits per heavy atom. The van der Waals surface area contributed by atoms with Crippen LogP contribution in [0.3, 0.4) is 0 Å². The second-order valence-corrected chi connectivity index (χ2v) is 10.6. The molecule has 9 nitrogen and oxygen atoms in total. The van der Waals surface area contributed by atoms with E-state index >= 15 is 0 Å². The number of hydrogen-bond acceptors (Lipinski definition) is 5. The third kappa shape index (κ3) is 5.91. The summed E-state index contributed by atoms with van der Waals surface area (Å²) in [7, 11) is 0. The van der Waals surface area contributed by atoms with Crippen LogP contribution in [0.25, 0.3) is 0 Å². The summed E-state index contributed by atoms with van der Waals surface area (Å²) >= 11 is 6.29. The number of benzene rings is 1. The third-order valence-corrected chi connectivity index (χ3v) is 7.64. The molecule has 1 saturated carbocycles. The molecule has 0 bridgehead atoms. The van der Waals surface area contributed by atoms with Crippen molar-refractivity contribution in [2.75, 3.05) is 25.0 Å². The highest BCUT2D eigenvalue weighted by atomic mass is 35.5. The number of aromatic nitrogens is 4. The van der Waals surface area contributed by atoms with E-state index in [0.717, 1.165) is 6.20 Å². The maximum atomic E-state index is 14.4. The van der Waals surface area contributed by atoms with Crippen LogP contribution < -0.4 is 11.1 Å². The van der Waals surface area contributed by atoms with Crippen LogP contribution in [-0.2, 0) is 12.6 Å². The molecule has 41 heavy (non-hydrogen) atoms. The summed E-state index contributed by atoms with van der Waals surface area (Å²) in [6, 6.07) is 4.16. The van der Waals surface area contributed by atoms with Gasteiger partial charge in [0, 0.05) is 74.2 Å². The van der Waals surface area contributed by atoms with Gasteiger partial charge in [-0.15, -0.1) is 0 Å². The third-order valence-electron chi connectivity index (χ3n) is 7.32. The van der Waals surface area contributed by atoms with Crippen LogP contribution in [0.15, 0.2) is 24.4 Å². The first-order valence-corrected chi connectivity index (χ1v) is 12.9. The van der Waals surface area contributed by atoms with Crippen molar-refractivity contribution >= 4 is 29.1 Å². The molecule has 1 atom stereocenters. The smallest absolute Gasteiger partial charge is 0.338 e. The van der Waals surface area contributed by atoms with Crippen LogP contribution in [0.2, 0.25) is 5.02 Å². The molecule has 0 radical (unpaired) electrons. The Labute approximate surface area is 233 Å². The summed E-state index contributed by atoms with van der Waals surface area (Å²) in [5, 5.41) is 7.87. The number of nitrogens with two attached hydrogens (primary N) is 1. The highest BCUT2D eigenvalue weighted by Crippen LogP contribution is 2.56. The van der Waals surface area contributed by atoms with E-state index in [1.807, 2.05) is 0 Å². The number of piperidine rings is 1. The van der Waals surface area contributed by atoms with Crippen LogP contribution in [0, 0.1) is 0 Å². The second-order valence-electron chi connectivity index (χ2n) is 10.2. The molecule has 1 aromatic carbocycles. The first-order chi connectivity index (χ1) is 19.2. The van der Waals surface area contributed by atoms with Gasteiger partial charge in [-0.25, -0.2) is 18.2 Å². The van der Waals surface area contributed by atoms with Crippen molar-refractivity contribution in [1.29, 1.82) is 0 Å². The number of alkyl halides is 6. The molecule has 2 aromatic heterocycles. The molecule has 0 spiro atoms. The van der Waals surface area contributed by atoms with E-state index in [9.17, 15) is 35.9 Å². The first kappa shape index (κ1) is 28.9. The molecular formula is C25H24ClF6N7O2. The van der Waals surface area contributed by atoms with Crippen LogP contribution >= 0.6 is 11.6 Å². The predicted octanol–water partition coefficient (Wildman–Crippen LogP) is 4.67. The first-order valence-electron chi connectivity index (χ1n) is 12.6. The van der Waals surface area contributed by atoms with Gasteiger partial charge in [-0.1, -0.05) is 11.6 Å². The van der Waals surface area contributed by atoms with Crippen molar-refractivity contribution < 1.29 is 35.9 Å². The number of aromatic amines is 2. The molecule has 1 aliphatic heterocycles. The van der Waals surface area contributed by atoms with Gasteiger partial charge in [-0.2, -0.15) is 18.3 Å². The number of imidazole rings is 1. The van der Waals surface area contributed by atoms with E-state index in [0.29, 0.717) is 0 Å². The molecule has 2 aliphatic rings. The quantitative estimate of drug-likeness (QED) is 0.291. The molecule has 3 heterocycles. The molecule has 2 fully saturated rings. The fourth-order valence-corrected chi connectivity index (χ4v) is 5.06. The minimum atomic E-state index is -4.88. The van der Waals surface area contributed by atoms with Crippen LogP contribution in [0.4, 0.5) is 32.0 Å². The Kier molecular flexibility index (Phi) is 7.30. The topological polar surface area (TPSA) is 133 Å². The summed E-state index contributed by atoms with van der Waals surface area (Å²) in [6.45, 7) is 0.228. The largest absolute Gasteiger partial charge is 0.435 e. The summed E-state index contributed by atoms with van der Waals surface area (Å²) < 4.78 is 82.0. The highest BCUT2D eigenvalue weighted by molar-refractivity contribution is 6.34. The van der Waals surface area contributed by atoms with Crippen molar-refractivity contribution in [3.63, 3.8) is 0 Å². The van der Waals surface area contributed by atoms with Gasteiger partial charge in [0.2, 0.25) is 0 Å². The molecule has 220 valence electrons. The highest BCUT2D eigenvalue weighted by Gasteiger charge is 2.60. The van der Waals surface area contributed by atoms with Crippen molar-refractivity contribution in [3.05, 3.63) is 63.5 Å². The summed E-state index contributed by atoms with van der Waals surface area (Å²) in [4.78, 5) is 33.6. The summed E-state index contributed by atoms with van der Waals surface area (Å²) in [5.41, 5.74) is 2.32. The normalized spacial score (nSPS) is 19.7. The zero-order chi connectivity index (χ0) is 29.7. The number of nitrogens with one attached hydrogen (secondary N) is 3. The lowest BCUT2D eigenvalue weighted by atomic mass is 9.93. The molecule has 5 rings (SSSR count). The lowest BCUT2D eigenvalue weighted by Gasteiger charge is -2.35. The Bertz CT molecular complexity index is 1480. The van der Waals surface area contributed by atoms with E-state index in [4.69, 9.17) is 17.3 Å². The van der Waals surface area contributed by atoms with Gasteiger partial charge >= 0.3 is 6.18 Å². The SMILES string of the molecule is NCC1(F)CCN(C(=O)c2ccc(NC(=O)c3ncc(Cc4c(C(F)(F)F)n[nH]c4[C@@H]4CC4(F)F)[nH]3)cc2Cl)CC1. The molecule has 2 amide bonds. The molecule has 0 unspecified atom stereocenters. The number of H-pyrrole nitrogens is 2. The zero-order valence-corrected chi connectivity index (χ0v) is 22.0. The van der Waals surface area contributed by atoms with E-state index < -0.39 is 59.6 Å². The number of likely N-dealkylation sites (tertiary alicyclic amines) is 1. The standard InChI is InChI=1S/C25H24ClF6N7O2/c26-17-8-12(1-2-14(17)22(41)39-5-3-23(27,11-33)4-6-39)36-21(40)20-34-10-13(35-20)7-15-18(16-9-24(16,28)29)37-38-19(15)25(30,31)32/h1-2,8,10,16H,3-7,9,11,33H2,(H,34,35)(H,36,40)(H,37,38)/t16-/m0/s1. The predicted molar refractivity (Wildman–Crippen MR) is 135 cm³/mol. The molecule has 16 heteroatoms. The molecular weight excluding hydrogens is 580 g/mol. The average molecular weight is 604 g/mol. The number of rotatable bonds is 7. The lowest BCUT2D eigenvalue weighted by Crippen LogP contribution is -2.47. The molecule has 1 saturated heterocycles. The van der Waals surface area contributed by atoms with Gasteiger partial charge in [0.05, 0.1) is 16.5 Å². The maximum Gasteiger partial charge on any atom is 0.435 e. The van der Waals surface area contributed by atoms with Crippen LogP contribution in [-0.4, -0.2) is 68.1 Å². The van der Waals surface area contributed by atoms with Crippen molar-refractivity contribution in [1.82, 2.24) is 25.1 Å². The van der Waals surface area contributed by atoms with E-state index in [-0.39, 0.29) is 66.0 Å². The monoisotopic (exact) mass is 603 g/mol. The Hall–Kier alpha value is -3.59. The Morgan fingerprint density at radius 1 is 1.20 bits per heavy atom.